The van der Waals surface area contributed by atoms with E-state index in [0.29, 0.717) is 16.3 Å². The van der Waals surface area contributed by atoms with Crippen molar-refractivity contribution in [2.45, 2.75) is 18.0 Å². The molecule has 2 aliphatic heterocycles. The van der Waals surface area contributed by atoms with Crippen LogP contribution in [0.3, 0.4) is 0 Å². The highest BCUT2D eigenvalue weighted by atomic mass is 79.9. The molecule has 180 valence electrons. The van der Waals surface area contributed by atoms with E-state index in [1.807, 2.05) is 59.5 Å². The third-order valence-corrected chi connectivity index (χ3v) is 7.67. The summed E-state index contributed by atoms with van der Waals surface area (Å²) < 4.78 is 6.10. The van der Waals surface area contributed by atoms with Gasteiger partial charge in [0.1, 0.15) is 6.04 Å². The maximum absolute atomic E-state index is 13.9. The first-order valence-electron chi connectivity index (χ1n) is 11.3. The number of amides is 1. The molecule has 5 rings (SSSR count). The molecule has 0 aliphatic carbocycles. The van der Waals surface area contributed by atoms with Crippen molar-refractivity contribution >= 4 is 51.2 Å². The Morgan fingerprint density at radius 1 is 1.08 bits per heavy atom. The molecule has 8 heteroatoms. The summed E-state index contributed by atoms with van der Waals surface area (Å²) in [7, 11) is 1.27. The van der Waals surface area contributed by atoms with Crippen LogP contribution >= 0.6 is 27.5 Å². The van der Waals surface area contributed by atoms with Gasteiger partial charge in [0.2, 0.25) is 5.91 Å². The van der Waals surface area contributed by atoms with Crippen LogP contribution in [0.4, 0.5) is 5.69 Å². The minimum absolute atomic E-state index is 0.347. The molecule has 2 aliphatic rings. The zero-order valence-electron chi connectivity index (χ0n) is 19.2. The highest BCUT2D eigenvalue weighted by Crippen LogP contribution is 2.60. The van der Waals surface area contributed by atoms with Gasteiger partial charge in [0.05, 0.1) is 19.2 Å². The van der Waals surface area contributed by atoms with Gasteiger partial charge in [-0.2, -0.15) is 5.26 Å². The van der Waals surface area contributed by atoms with E-state index in [1.54, 1.807) is 30.5 Å². The molecule has 36 heavy (non-hydrogen) atoms. The second-order valence-corrected chi connectivity index (χ2v) is 10.1. The standard InChI is InChI=1S/C28H21BrClN3O3/c1-36-27(35)28(16-31)23(18-6-8-19(29)9-7-18)24(26(34)32-21-12-10-20(30)11-13-21)33-15-14-17-4-2-3-5-22(17)25(28)33/h2-15,23-25H,1H3,(H,32,34). The molecule has 1 amide bonds. The van der Waals surface area contributed by atoms with Gasteiger partial charge >= 0.3 is 5.97 Å². The molecule has 0 bridgehead atoms. The molecule has 4 unspecified atom stereocenters. The van der Waals surface area contributed by atoms with Crippen molar-refractivity contribution in [3.8, 4) is 6.07 Å². The predicted octanol–water partition coefficient (Wildman–Crippen LogP) is 5.92. The maximum atomic E-state index is 13.9. The first-order chi connectivity index (χ1) is 17.4. The van der Waals surface area contributed by atoms with Crippen molar-refractivity contribution < 1.29 is 14.3 Å². The van der Waals surface area contributed by atoms with Crippen LogP contribution < -0.4 is 5.32 Å². The van der Waals surface area contributed by atoms with Gasteiger partial charge in [-0.05, 0) is 59.2 Å². The number of carbonyl (C=O) groups is 2. The second kappa shape index (κ2) is 9.45. The van der Waals surface area contributed by atoms with Crippen LogP contribution in [0.25, 0.3) is 6.08 Å². The number of rotatable bonds is 4. The third kappa shape index (κ3) is 3.78. The lowest BCUT2D eigenvalue weighted by molar-refractivity contribution is -0.151. The average Bonchev–Trinajstić information content (AvgIpc) is 3.22. The van der Waals surface area contributed by atoms with E-state index in [-0.39, 0.29) is 5.91 Å². The zero-order chi connectivity index (χ0) is 25.4. The van der Waals surface area contributed by atoms with E-state index in [2.05, 4.69) is 27.3 Å². The van der Waals surface area contributed by atoms with Crippen molar-refractivity contribution in [3.63, 3.8) is 0 Å². The van der Waals surface area contributed by atoms with E-state index in [9.17, 15) is 14.9 Å². The molecule has 0 spiro atoms. The lowest BCUT2D eigenvalue weighted by atomic mass is 9.67. The SMILES string of the molecule is COC(=O)C1(C#N)C(c2ccc(Br)cc2)C(C(=O)Nc2ccc(Cl)cc2)N2C=Cc3ccccc3C21. The molecule has 0 saturated carbocycles. The van der Waals surface area contributed by atoms with Crippen LogP contribution in [0, 0.1) is 16.7 Å². The predicted molar refractivity (Wildman–Crippen MR) is 141 cm³/mol. The van der Waals surface area contributed by atoms with E-state index in [4.69, 9.17) is 16.3 Å². The summed E-state index contributed by atoms with van der Waals surface area (Å²) in [6.07, 6.45) is 3.70. The molecule has 1 N–H and O–H groups in total. The topological polar surface area (TPSA) is 82.4 Å². The molecule has 4 atom stereocenters. The summed E-state index contributed by atoms with van der Waals surface area (Å²) in [4.78, 5) is 29.4. The van der Waals surface area contributed by atoms with Gasteiger partial charge in [0.25, 0.3) is 0 Å². The molecule has 6 nitrogen and oxygen atoms in total. The molecule has 2 heterocycles. The first kappa shape index (κ1) is 24.1. The maximum Gasteiger partial charge on any atom is 0.329 e. The Bertz CT molecular complexity index is 1400. The Morgan fingerprint density at radius 2 is 1.78 bits per heavy atom. The number of nitrogens with one attached hydrogen (secondary N) is 1. The Labute approximate surface area is 222 Å². The Balaban J connectivity index is 1.72. The highest BCUT2D eigenvalue weighted by molar-refractivity contribution is 9.10. The number of benzene rings is 3. The number of fused-ring (bicyclic) bond motifs is 3. The number of anilines is 1. The summed E-state index contributed by atoms with van der Waals surface area (Å²) in [5.74, 6) is -1.85. The monoisotopic (exact) mass is 561 g/mol. The number of nitrogens with zero attached hydrogens (tertiary/aromatic N) is 2. The average molecular weight is 563 g/mol. The van der Waals surface area contributed by atoms with Gasteiger partial charge in [0.15, 0.2) is 5.41 Å². The molecule has 0 aromatic heterocycles. The largest absolute Gasteiger partial charge is 0.468 e. The van der Waals surface area contributed by atoms with Crippen molar-refractivity contribution in [2.24, 2.45) is 5.41 Å². The van der Waals surface area contributed by atoms with Gasteiger partial charge in [-0.25, -0.2) is 0 Å². The van der Waals surface area contributed by atoms with Crippen molar-refractivity contribution in [1.29, 1.82) is 5.26 Å². The minimum atomic E-state index is -1.69. The van der Waals surface area contributed by atoms with Gasteiger partial charge in [-0.1, -0.05) is 63.9 Å². The lowest BCUT2D eigenvalue weighted by Gasteiger charge is -2.35. The van der Waals surface area contributed by atoms with E-state index >= 15 is 0 Å². The fourth-order valence-corrected chi connectivity index (χ4v) is 5.78. The molecule has 3 aromatic carbocycles. The number of esters is 1. The van der Waals surface area contributed by atoms with Crippen LogP contribution in [-0.2, 0) is 14.3 Å². The van der Waals surface area contributed by atoms with Crippen LogP contribution in [-0.4, -0.2) is 29.9 Å². The Kier molecular flexibility index (Phi) is 6.33. The van der Waals surface area contributed by atoms with Gasteiger partial charge in [0, 0.05) is 27.3 Å². The van der Waals surface area contributed by atoms with Crippen LogP contribution in [0.2, 0.25) is 5.02 Å². The number of ether oxygens (including phenoxy) is 1. The number of methoxy groups -OCH3 is 1. The quantitative estimate of drug-likeness (QED) is 0.399. The fourth-order valence-electron chi connectivity index (χ4n) is 5.38. The molecule has 1 saturated heterocycles. The van der Waals surface area contributed by atoms with Crippen molar-refractivity contribution in [1.82, 2.24) is 4.90 Å². The molecule has 3 aromatic rings. The summed E-state index contributed by atoms with van der Waals surface area (Å²) in [6, 6.07) is 22.4. The normalized spacial score (nSPS) is 23.8. The Hall–Kier alpha value is -3.60. The first-order valence-corrected chi connectivity index (χ1v) is 12.4. The number of nitriles is 1. The minimum Gasteiger partial charge on any atom is -0.468 e. The summed E-state index contributed by atoms with van der Waals surface area (Å²) >= 11 is 9.47. The number of carbonyl (C=O) groups excluding carboxylic acids is 2. The lowest BCUT2D eigenvalue weighted by Crippen LogP contribution is -2.42. The van der Waals surface area contributed by atoms with Crippen molar-refractivity contribution in [3.05, 3.63) is 105 Å². The highest BCUT2D eigenvalue weighted by Gasteiger charge is 2.67. The van der Waals surface area contributed by atoms with Crippen molar-refractivity contribution in [2.75, 3.05) is 12.4 Å². The number of hydrogen-bond acceptors (Lipinski definition) is 5. The summed E-state index contributed by atoms with van der Waals surface area (Å²) in [6.45, 7) is 0. The molecule has 1 fully saturated rings. The van der Waals surface area contributed by atoms with Crippen LogP contribution in [0.1, 0.15) is 28.7 Å². The van der Waals surface area contributed by atoms with E-state index in [0.717, 1.165) is 15.6 Å². The van der Waals surface area contributed by atoms with Gasteiger partial charge in [-0.3, -0.25) is 9.59 Å². The Morgan fingerprint density at radius 3 is 2.44 bits per heavy atom. The van der Waals surface area contributed by atoms with Crippen LogP contribution in [0.15, 0.2) is 83.5 Å². The van der Waals surface area contributed by atoms with E-state index < -0.39 is 29.4 Å². The summed E-state index contributed by atoms with van der Waals surface area (Å²) in [5.41, 5.74) is 1.23. The van der Waals surface area contributed by atoms with Gasteiger partial charge in [-0.15, -0.1) is 0 Å². The number of hydrogen-bond donors (Lipinski definition) is 1. The smallest absolute Gasteiger partial charge is 0.329 e. The number of halogens is 2. The molecular formula is C28H21BrClN3O3. The van der Waals surface area contributed by atoms with E-state index in [1.165, 1.54) is 7.11 Å². The second-order valence-electron chi connectivity index (χ2n) is 8.74. The molecular weight excluding hydrogens is 542 g/mol. The van der Waals surface area contributed by atoms with Gasteiger partial charge < -0.3 is 15.0 Å². The molecule has 0 radical (unpaired) electrons. The zero-order valence-corrected chi connectivity index (χ0v) is 21.5. The summed E-state index contributed by atoms with van der Waals surface area (Å²) in [5, 5.41) is 14.2. The fraction of sp³-hybridized carbons (Fsp3) is 0.179. The van der Waals surface area contributed by atoms with Crippen LogP contribution in [0.5, 0.6) is 0 Å². The third-order valence-electron chi connectivity index (χ3n) is 6.89.